The zero-order chi connectivity index (χ0) is 23.3. The normalized spacial score (nSPS) is 14.7. The molecule has 0 saturated carbocycles. The van der Waals surface area contributed by atoms with E-state index >= 15 is 0 Å². The van der Waals surface area contributed by atoms with Gasteiger partial charge in [-0.05, 0) is 48.0 Å². The minimum atomic E-state index is 0.393. The van der Waals surface area contributed by atoms with Crippen LogP contribution < -0.4 is 11.1 Å². The van der Waals surface area contributed by atoms with Crippen molar-refractivity contribution in [1.29, 1.82) is 0 Å². The van der Waals surface area contributed by atoms with Gasteiger partial charge in [-0.25, -0.2) is 4.98 Å². The number of rotatable bonds is 6. The average molecular weight is 452 g/mol. The number of nitrogen functional groups attached to an aromatic ring is 1. The van der Waals surface area contributed by atoms with Crippen molar-refractivity contribution in [3.8, 4) is 22.4 Å². The molecule has 7 heteroatoms. The van der Waals surface area contributed by atoms with Gasteiger partial charge in [0.25, 0.3) is 0 Å². The van der Waals surface area contributed by atoms with E-state index in [-0.39, 0.29) is 0 Å². The van der Waals surface area contributed by atoms with Crippen molar-refractivity contribution in [3.63, 3.8) is 0 Å². The van der Waals surface area contributed by atoms with Crippen LogP contribution in [-0.4, -0.2) is 58.0 Å². The van der Waals surface area contributed by atoms with Crippen LogP contribution in [0.2, 0.25) is 0 Å². The van der Waals surface area contributed by atoms with E-state index in [2.05, 4.69) is 73.5 Å². The number of benzene rings is 2. The zero-order valence-corrected chi connectivity index (χ0v) is 19.4. The summed E-state index contributed by atoms with van der Waals surface area (Å²) in [7, 11) is 2.19. The topological polar surface area (TPSA) is 83.2 Å². The van der Waals surface area contributed by atoms with Gasteiger partial charge >= 0.3 is 0 Å². The van der Waals surface area contributed by atoms with Gasteiger partial charge in [-0.2, -0.15) is 4.98 Å². The van der Waals surface area contributed by atoms with Crippen LogP contribution in [0.1, 0.15) is 5.56 Å². The SMILES string of the molecule is CN1CCN(Cc2ccc(-c3ccc(Nc4ncc(-c5ccccn5)c(N)n4)cc3)cc2)CC1. The number of anilines is 3. The number of likely N-dealkylation sites (N-methyl/N-ethyl adjacent to an activating group) is 1. The molecule has 1 fully saturated rings. The van der Waals surface area contributed by atoms with E-state index in [1.807, 2.05) is 30.3 Å². The monoisotopic (exact) mass is 451 g/mol. The summed E-state index contributed by atoms with van der Waals surface area (Å²) in [6.45, 7) is 5.57. The van der Waals surface area contributed by atoms with Crippen LogP contribution in [0.4, 0.5) is 17.5 Å². The maximum absolute atomic E-state index is 6.15. The largest absolute Gasteiger partial charge is 0.383 e. The molecule has 0 aliphatic carbocycles. The molecule has 2 aromatic heterocycles. The van der Waals surface area contributed by atoms with Crippen molar-refractivity contribution >= 4 is 17.5 Å². The van der Waals surface area contributed by atoms with E-state index in [1.54, 1.807) is 12.4 Å². The summed E-state index contributed by atoms with van der Waals surface area (Å²) in [5.41, 5.74) is 12.3. The average Bonchev–Trinajstić information content (AvgIpc) is 2.87. The number of nitrogens with zero attached hydrogens (tertiary/aromatic N) is 5. The van der Waals surface area contributed by atoms with Crippen LogP contribution in [0, 0.1) is 0 Å². The van der Waals surface area contributed by atoms with Crippen molar-refractivity contribution in [2.45, 2.75) is 6.54 Å². The minimum absolute atomic E-state index is 0.393. The van der Waals surface area contributed by atoms with Gasteiger partial charge in [0.1, 0.15) is 5.82 Å². The lowest BCUT2D eigenvalue weighted by molar-refractivity contribution is 0.148. The molecule has 1 aliphatic heterocycles. The summed E-state index contributed by atoms with van der Waals surface area (Å²) in [6, 6.07) is 22.8. The second kappa shape index (κ2) is 9.99. The molecule has 3 N–H and O–H groups in total. The highest BCUT2D eigenvalue weighted by Gasteiger charge is 2.14. The Balaban J connectivity index is 1.22. The molecule has 3 heterocycles. The Bertz CT molecular complexity index is 1220. The number of hydrogen-bond donors (Lipinski definition) is 2. The van der Waals surface area contributed by atoms with Crippen LogP contribution in [0.5, 0.6) is 0 Å². The predicted molar refractivity (Wildman–Crippen MR) is 138 cm³/mol. The first kappa shape index (κ1) is 22.0. The highest BCUT2D eigenvalue weighted by atomic mass is 15.2. The number of nitrogens with one attached hydrogen (secondary N) is 1. The summed E-state index contributed by atoms with van der Waals surface area (Å²) in [4.78, 5) is 18.0. The number of pyridine rings is 1. The van der Waals surface area contributed by atoms with Gasteiger partial charge in [-0.1, -0.05) is 42.5 Å². The number of hydrogen-bond acceptors (Lipinski definition) is 7. The van der Waals surface area contributed by atoms with Crippen LogP contribution >= 0.6 is 0 Å². The molecule has 0 amide bonds. The van der Waals surface area contributed by atoms with E-state index in [0.29, 0.717) is 11.8 Å². The Labute approximate surface area is 200 Å². The van der Waals surface area contributed by atoms with E-state index in [4.69, 9.17) is 5.73 Å². The smallest absolute Gasteiger partial charge is 0.229 e. The molecule has 0 atom stereocenters. The molecular weight excluding hydrogens is 422 g/mol. The number of aromatic nitrogens is 3. The van der Waals surface area contributed by atoms with E-state index in [1.165, 1.54) is 16.7 Å². The summed E-state index contributed by atoms with van der Waals surface area (Å²) >= 11 is 0. The van der Waals surface area contributed by atoms with Crippen molar-refractivity contribution in [2.75, 3.05) is 44.3 Å². The second-order valence-electron chi connectivity index (χ2n) is 8.69. The summed E-state index contributed by atoms with van der Waals surface area (Å²) in [6.07, 6.45) is 3.43. The van der Waals surface area contributed by atoms with E-state index in [9.17, 15) is 0 Å². The molecule has 1 aliphatic rings. The number of piperazine rings is 1. The Hall–Kier alpha value is -3.81. The molecule has 1 saturated heterocycles. The van der Waals surface area contributed by atoms with Gasteiger partial charge in [-0.3, -0.25) is 9.88 Å². The third kappa shape index (κ3) is 5.22. The lowest BCUT2D eigenvalue weighted by Crippen LogP contribution is -2.43. The lowest BCUT2D eigenvalue weighted by Gasteiger charge is -2.32. The van der Waals surface area contributed by atoms with Crippen molar-refractivity contribution in [2.24, 2.45) is 0 Å². The fraction of sp³-hybridized carbons (Fsp3) is 0.222. The minimum Gasteiger partial charge on any atom is -0.383 e. The highest BCUT2D eigenvalue weighted by molar-refractivity contribution is 5.72. The molecule has 0 bridgehead atoms. The summed E-state index contributed by atoms with van der Waals surface area (Å²) in [5.74, 6) is 0.850. The van der Waals surface area contributed by atoms with Gasteiger partial charge < -0.3 is 16.0 Å². The molecule has 7 nitrogen and oxygen atoms in total. The quantitative estimate of drug-likeness (QED) is 0.453. The Morgan fingerprint density at radius 2 is 1.56 bits per heavy atom. The molecule has 2 aromatic carbocycles. The molecule has 0 spiro atoms. The van der Waals surface area contributed by atoms with Crippen LogP contribution in [0.25, 0.3) is 22.4 Å². The highest BCUT2D eigenvalue weighted by Crippen LogP contribution is 2.25. The zero-order valence-electron chi connectivity index (χ0n) is 19.4. The van der Waals surface area contributed by atoms with Crippen LogP contribution in [0.3, 0.4) is 0 Å². The fourth-order valence-electron chi connectivity index (χ4n) is 4.12. The first-order valence-corrected chi connectivity index (χ1v) is 11.6. The molecule has 0 unspecified atom stereocenters. The van der Waals surface area contributed by atoms with E-state index in [0.717, 1.165) is 49.7 Å². The summed E-state index contributed by atoms with van der Waals surface area (Å²) < 4.78 is 0. The molecule has 0 radical (unpaired) electrons. The molecule has 172 valence electrons. The van der Waals surface area contributed by atoms with Gasteiger partial charge in [0.2, 0.25) is 5.95 Å². The number of nitrogens with two attached hydrogens (primary N) is 1. The van der Waals surface area contributed by atoms with Gasteiger partial charge in [0, 0.05) is 50.8 Å². The fourth-order valence-corrected chi connectivity index (χ4v) is 4.12. The van der Waals surface area contributed by atoms with Gasteiger partial charge in [0.15, 0.2) is 0 Å². The maximum atomic E-state index is 6.15. The van der Waals surface area contributed by atoms with Crippen molar-refractivity contribution in [3.05, 3.63) is 84.7 Å². The van der Waals surface area contributed by atoms with E-state index < -0.39 is 0 Å². The van der Waals surface area contributed by atoms with Crippen molar-refractivity contribution in [1.82, 2.24) is 24.8 Å². The first-order valence-electron chi connectivity index (χ1n) is 11.6. The van der Waals surface area contributed by atoms with Crippen molar-refractivity contribution < 1.29 is 0 Å². The Morgan fingerprint density at radius 1 is 0.853 bits per heavy atom. The maximum Gasteiger partial charge on any atom is 0.229 e. The lowest BCUT2D eigenvalue weighted by atomic mass is 10.0. The molecule has 4 aromatic rings. The van der Waals surface area contributed by atoms with Crippen LogP contribution in [-0.2, 0) is 6.54 Å². The van der Waals surface area contributed by atoms with Gasteiger partial charge in [-0.15, -0.1) is 0 Å². The Kier molecular flexibility index (Phi) is 6.46. The first-order chi connectivity index (χ1) is 16.6. The molecule has 5 rings (SSSR count). The second-order valence-corrected chi connectivity index (χ2v) is 8.69. The van der Waals surface area contributed by atoms with Gasteiger partial charge in [0.05, 0.1) is 11.3 Å². The molecule has 34 heavy (non-hydrogen) atoms. The summed E-state index contributed by atoms with van der Waals surface area (Å²) in [5, 5.41) is 3.23. The molecular formula is C27H29N7. The third-order valence-electron chi connectivity index (χ3n) is 6.19. The predicted octanol–water partition coefficient (Wildman–Crippen LogP) is 4.28. The standard InChI is InChI=1S/C27H29N7/c1-33-14-16-34(17-15-33)19-20-5-7-21(8-6-20)22-9-11-23(12-10-22)31-27-30-18-24(26(28)32-27)25-4-2-3-13-29-25/h2-13,18H,14-17,19H2,1H3,(H3,28,30,31,32). The Morgan fingerprint density at radius 3 is 2.21 bits per heavy atom. The third-order valence-corrected chi connectivity index (χ3v) is 6.19. The van der Waals surface area contributed by atoms with Crippen LogP contribution in [0.15, 0.2) is 79.1 Å².